The number of benzene rings is 1. The number of thiophene rings is 1. The Morgan fingerprint density at radius 3 is 2.79 bits per heavy atom. The summed E-state index contributed by atoms with van der Waals surface area (Å²) in [6, 6.07) is 12.6. The van der Waals surface area contributed by atoms with Crippen LogP contribution < -0.4 is 5.32 Å². The molecule has 0 aliphatic carbocycles. The third kappa shape index (κ3) is 3.40. The maximum atomic E-state index is 5.39. The van der Waals surface area contributed by atoms with Gasteiger partial charge in [0, 0.05) is 31.1 Å². The second-order valence-electron chi connectivity index (χ2n) is 5.80. The van der Waals surface area contributed by atoms with Crippen molar-refractivity contribution in [2.75, 3.05) is 44.7 Å². The van der Waals surface area contributed by atoms with Gasteiger partial charge in [-0.25, -0.2) is 9.97 Å². The fourth-order valence-corrected chi connectivity index (χ4v) is 3.90. The number of fused-ring (bicyclic) bond motifs is 1. The van der Waals surface area contributed by atoms with Gasteiger partial charge < -0.3 is 10.1 Å². The Morgan fingerprint density at radius 1 is 1.12 bits per heavy atom. The van der Waals surface area contributed by atoms with E-state index in [4.69, 9.17) is 4.74 Å². The van der Waals surface area contributed by atoms with Gasteiger partial charge in [0.25, 0.3) is 0 Å². The average molecular weight is 340 g/mol. The molecule has 0 bridgehead atoms. The van der Waals surface area contributed by atoms with Gasteiger partial charge in [0.2, 0.25) is 0 Å². The molecule has 0 unspecified atom stereocenters. The number of hydrogen-bond donors (Lipinski definition) is 1. The molecule has 5 nitrogen and oxygen atoms in total. The molecule has 0 atom stereocenters. The first-order valence-corrected chi connectivity index (χ1v) is 9.06. The number of anilines is 1. The third-order valence-corrected chi connectivity index (χ3v) is 5.30. The summed E-state index contributed by atoms with van der Waals surface area (Å²) in [5, 5.41) is 4.57. The van der Waals surface area contributed by atoms with Crippen molar-refractivity contribution >= 4 is 27.4 Å². The Kier molecular flexibility index (Phi) is 4.69. The molecule has 1 N–H and O–H groups in total. The van der Waals surface area contributed by atoms with E-state index in [9.17, 15) is 0 Å². The van der Waals surface area contributed by atoms with E-state index in [1.807, 2.05) is 6.07 Å². The van der Waals surface area contributed by atoms with Crippen LogP contribution in [0, 0.1) is 0 Å². The van der Waals surface area contributed by atoms with E-state index in [0.717, 1.165) is 55.4 Å². The molecule has 3 heterocycles. The third-order valence-electron chi connectivity index (χ3n) is 4.21. The van der Waals surface area contributed by atoms with Crippen LogP contribution in [0.25, 0.3) is 20.7 Å². The number of nitrogens with one attached hydrogen (secondary N) is 1. The topological polar surface area (TPSA) is 50.3 Å². The van der Waals surface area contributed by atoms with Crippen LogP contribution in [0.15, 0.2) is 42.7 Å². The molecule has 0 radical (unpaired) electrons. The van der Waals surface area contributed by atoms with Gasteiger partial charge in [-0.2, -0.15) is 0 Å². The number of hydrogen-bond acceptors (Lipinski definition) is 6. The first kappa shape index (κ1) is 15.5. The second-order valence-corrected chi connectivity index (χ2v) is 6.83. The van der Waals surface area contributed by atoms with Gasteiger partial charge in [-0.15, -0.1) is 11.3 Å². The lowest BCUT2D eigenvalue weighted by molar-refractivity contribution is 0.0398. The molecule has 1 aliphatic rings. The fourth-order valence-electron chi connectivity index (χ4n) is 2.90. The summed E-state index contributed by atoms with van der Waals surface area (Å²) < 4.78 is 5.39. The van der Waals surface area contributed by atoms with E-state index in [1.54, 1.807) is 17.7 Å². The molecule has 0 amide bonds. The smallest absolute Gasteiger partial charge is 0.138 e. The first-order valence-electron chi connectivity index (χ1n) is 8.24. The summed E-state index contributed by atoms with van der Waals surface area (Å²) in [4.78, 5) is 13.5. The van der Waals surface area contributed by atoms with Gasteiger partial charge >= 0.3 is 0 Å². The monoisotopic (exact) mass is 340 g/mol. The summed E-state index contributed by atoms with van der Waals surface area (Å²) >= 11 is 1.71. The number of morpholine rings is 1. The normalized spacial score (nSPS) is 15.7. The summed E-state index contributed by atoms with van der Waals surface area (Å²) in [6.45, 7) is 5.58. The molecule has 0 saturated carbocycles. The van der Waals surface area contributed by atoms with E-state index in [-0.39, 0.29) is 0 Å². The van der Waals surface area contributed by atoms with E-state index < -0.39 is 0 Å². The van der Waals surface area contributed by atoms with Crippen molar-refractivity contribution in [1.29, 1.82) is 0 Å². The van der Waals surface area contributed by atoms with Crippen molar-refractivity contribution in [1.82, 2.24) is 14.9 Å². The predicted octanol–water partition coefficient (Wildman–Crippen LogP) is 3.10. The molecule has 124 valence electrons. The number of aromatic nitrogens is 2. The van der Waals surface area contributed by atoms with E-state index in [0.29, 0.717) is 0 Å². The largest absolute Gasteiger partial charge is 0.379 e. The van der Waals surface area contributed by atoms with Crippen molar-refractivity contribution in [3.8, 4) is 10.4 Å². The molecule has 24 heavy (non-hydrogen) atoms. The van der Waals surface area contributed by atoms with Crippen LogP contribution in [0.1, 0.15) is 0 Å². The molecule has 3 aromatic rings. The highest BCUT2D eigenvalue weighted by atomic mass is 32.1. The lowest BCUT2D eigenvalue weighted by Crippen LogP contribution is -2.39. The maximum absolute atomic E-state index is 5.39. The molecule has 1 fully saturated rings. The van der Waals surface area contributed by atoms with Crippen molar-refractivity contribution in [2.24, 2.45) is 0 Å². The van der Waals surface area contributed by atoms with Crippen LogP contribution in [0.4, 0.5) is 5.82 Å². The van der Waals surface area contributed by atoms with Crippen LogP contribution in [-0.4, -0.2) is 54.3 Å². The van der Waals surface area contributed by atoms with Crippen molar-refractivity contribution < 1.29 is 4.74 Å². The quantitative estimate of drug-likeness (QED) is 0.773. The first-order chi connectivity index (χ1) is 11.9. The van der Waals surface area contributed by atoms with Gasteiger partial charge in [0.1, 0.15) is 17.0 Å². The molecule has 1 aliphatic heterocycles. The zero-order chi connectivity index (χ0) is 16.2. The van der Waals surface area contributed by atoms with Gasteiger partial charge in [-0.1, -0.05) is 30.3 Å². The number of ether oxygens (including phenoxy) is 1. The second kappa shape index (κ2) is 7.25. The van der Waals surface area contributed by atoms with Crippen LogP contribution in [0.5, 0.6) is 0 Å². The minimum Gasteiger partial charge on any atom is -0.379 e. The fraction of sp³-hybridized carbons (Fsp3) is 0.333. The molecular formula is C18H20N4OS. The van der Waals surface area contributed by atoms with Crippen molar-refractivity contribution in [3.63, 3.8) is 0 Å². The standard InChI is InChI=1S/C18H20N4OS/c1-2-4-14(5-3-1)16-12-15-17(20-13-21-18(15)24-16)19-6-7-22-8-10-23-11-9-22/h1-5,12-13H,6-11H2,(H,19,20,21). The predicted molar refractivity (Wildman–Crippen MR) is 98.6 cm³/mol. The summed E-state index contributed by atoms with van der Waals surface area (Å²) in [6.07, 6.45) is 1.64. The van der Waals surface area contributed by atoms with Gasteiger partial charge in [-0.05, 0) is 11.6 Å². The SMILES string of the molecule is c1ccc(-c2cc3c(NCCN4CCOCC4)ncnc3s2)cc1. The van der Waals surface area contributed by atoms with Crippen LogP contribution >= 0.6 is 11.3 Å². The molecule has 2 aromatic heterocycles. The van der Waals surface area contributed by atoms with Gasteiger partial charge in [0.05, 0.1) is 18.6 Å². The maximum Gasteiger partial charge on any atom is 0.138 e. The molecule has 4 rings (SSSR count). The number of rotatable bonds is 5. The Balaban J connectivity index is 1.49. The van der Waals surface area contributed by atoms with E-state index >= 15 is 0 Å². The minimum atomic E-state index is 0.836. The van der Waals surface area contributed by atoms with Gasteiger partial charge in [-0.3, -0.25) is 4.90 Å². The Morgan fingerprint density at radius 2 is 1.96 bits per heavy atom. The van der Waals surface area contributed by atoms with Crippen LogP contribution in [0.2, 0.25) is 0 Å². The summed E-state index contributed by atoms with van der Waals surface area (Å²) in [7, 11) is 0. The number of nitrogens with zero attached hydrogens (tertiary/aromatic N) is 3. The Bertz CT molecular complexity index is 799. The highest BCUT2D eigenvalue weighted by Crippen LogP contribution is 2.34. The van der Waals surface area contributed by atoms with E-state index in [2.05, 4.69) is 50.5 Å². The van der Waals surface area contributed by atoms with Crippen molar-refractivity contribution in [3.05, 3.63) is 42.7 Å². The highest BCUT2D eigenvalue weighted by Gasteiger charge is 2.12. The lowest BCUT2D eigenvalue weighted by atomic mass is 10.2. The average Bonchev–Trinajstić information content (AvgIpc) is 3.09. The Hall–Kier alpha value is -2.02. The summed E-state index contributed by atoms with van der Waals surface area (Å²) in [5.74, 6) is 0.923. The zero-order valence-electron chi connectivity index (χ0n) is 13.4. The minimum absolute atomic E-state index is 0.836. The van der Waals surface area contributed by atoms with Crippen LogP contribution in [0.3, 0.4) is 0 Å². The molecule has 6 heteroatoms. The Labute approximate surface area is 145 Å². The van der Waals surface area contributed by atoms with Crippen molar-refractivity contribution in [2.45, 2.75) is 0 Å². The molecule has 0 spiro atoms. The lowest BCUT2D eigenvalue weighted by Gasteiger charge is -2.26. The molecular weight excluding hydrogens is 320 g/mol. The van der Waals surface area contributed by atoms with Gasteiger partial charge in [0.15, 0.2) is 0 Å². The van der Waals surface area contributed by atoms with Crippen LogP contribution in [-0.2, 0) is 4.74 Å². The summed E-state index contributed by atoms with van der Waals surface area (Å²) in [5.41, 5.74) is 1.22. The van der Waals surface area contributed by atoms with E-state index in [1.165, 1.54) is 10.4 Å². The zero-order valence-corrected chi connectivity index (χ0v) is 14.3. The molecule has 1 saturated heterocycles. The molecule has 1 aromatic carbocycles. The highest BCUT2D eigenvalue weighted by molar-refractivity contribution is 7.21.